The summed E-state index contributed by atoms with van der Waals surface area (Å²) in [7, 11) is 1.72. The highest BCUT2D eigenvalue weighted by molar-refractivity contribution is 5.29. The normalized spacial score (nSPS) is 24.8. The maximum Gasteiger partial charge on any atom is 0.0868 e. The standard InChI is InChI=1S/C14H21NO2/c1-16-10-12-5-2-3-7-13(12)14-11(9-15)6-4-8-17-14/h2-3,5,7,11,14H,4,6,8-10,15H2,1H3. The molecule has 2 unspecified atom stereocenters. The van der Waals surface area contributed by atoms with Crippen molar-refractivity contribution < 1.29 is 9.47 Å². The minimum absolute atomic E-state index is 0.139. The Balaban J connectivity index is 2.24. The predicted octanol–water partition coefficient (Wildman–Crippen LogP) is 2.26. The fourth-order valence-corrected chi connectivity index (χ4v) is 2.53. The van der Waals surface area contributed by atoms with E-state index >= 15 is 0 Å². The first-order valence-electron chi connectivity index (χ1n) is 6.25. The van der Waals surface area contributed by atoms with Gasteiger partial charge in [-0.25, -0.2) is 0 Å². The molecule has 0 spiro atoms. The van der Waals surface area contributed by atoms with Gasteiger partial charge in [-0.05, 0) is 30.5 Å². The summed E-state index contributed by atoms with van der Waals surface area (Å²) in [5.74, 6) is 0.432. The van der Waals surface area contributed by atoms with E-state index in [9.17, 15) is 0 Å². The Morgan fingerprint density at radius 2 is 2.24 bits per heavy atom. The summed E-state index contributed by atoms with van der Waals surface area (Å²) in [5, 5.41) is 0. The van der Waals surface area contributed by atoms with E-state index in [-0.39, 0.29) is 6.10 Å². The summed E-state index contributed by atoms with van der Waals surface area (Å²) < 4.78 is 11.2. The predicted molar refractivity (Wildman–Crippen MR) is 67.6 cm³/mol. The highest BCUT2D eigenvalue weighted by Crippen LogP contribution is 2.34. The Kier molecular flexibility index (Phi) is 4.54. The van der Waals surface area contributed by atoms with Crippen LogP contribution in [0.5, 0.6) is 0 Å². The molecule has 2 rings (SSSR count). The third-order valence-electron chi connectivity index (χ3n) is 3.41. The van der Waals surface area contributed by atoms with Crippen molar-refractivity contribution in [1.29, 1.82) is 0 Å². The lowest BCUT2D eigenvalue weighted by molar-refractivity contribution is -0.0263. The zero-order valence-electron chi connectivity index (χ0n) is 10.4. The number of ether oxygens (including phenoxy) is 2. The van der Waals surface area contributed by atoms with Gasteiger partial charge in [0.2, 0.25) is 0 Å². The molecule has 1 aliphatic rings. The minimum Gasteiger partial charge on any atom is -0.380 e. The van der Waals surface area contributed by atoms with Gasteiger partial charge in [0, 0.05) is 19.6 Å². The topological polar surface area (TPSA) is 44.5 Å². The lowest BCUT2D eigenvalue weighted by Gasteiger charge is -2.32. The maximum atomic E-state index is 5.92. The molecule has 2 atom stereocenters. The first kappa shape index (κ1) is 12.6. The third-order valence-corrected chi connectivity index (χ3v) is 3.41. The molecular formula is C14H21NO2. The smallest absolute Gasteiger partial charge is 0.0868 e. The summed E-state index contributed by atoms with van der Waals surface area (Å²) in [5.41, 5.74) is 8.29. The fraction of sp³-hybridized carbons (Fsp3) is 0.571. The monoisotopic (exact) mass is 235 g/mol. The first-order valence-corrected chi connectivity index (χ1v) is 6.25. The van der Waals surface area contributed by atoms with Crippen LogP contribution in [-0.2, 0) is 16.1 Å². The summed E-state index contributed by atoms with van der Waals surface area (Å²) in [6.07, 6.45) is 2.41. The van der Waals surface area contributed by atoms with Crippen LogP contribution in [0.1, 0.15) is 30.1 Å². The van der Waals surface area contributed by atoms with E-state index in [1.165, 1.54) is 11.1 Å². The van der Waals surface area contributed by atoms with Crippen LogP contribution in [0.2, 0.25) is 0 Å². The Morgan fingerprint density at radius 3 is 3.00 bits per heavy atom. The summed E-state index contributed by atoms with van der Waals surface area (Å²) in [4.78, 5) is 0. The number of rotatable bonds is 4. The molecule has 1 heterocycles. The zero-order chi connectivity index (χ0) is 12.1. The molecule has 0 radical (unpaired) electrons. The van der Waals surface area contributed by atoms with E-state index in [2.05, 4.69) is 18.2 Å². The van der Waals surface area contributed by atoms with Crippen molar-refractivity contribution in [2.24, 2.45) is 11.7 Å². The molecule has 1 aliphatic heterocycles. The Hall–Kier alpha value is -0.900. The maximum absolute atomic E-state index is 5.92. The summed E-state index contributed by atoms with van der Waals surface area (Å²) in [6, 6.07) is 8.33. The Morgan fingerprint density at radius 1 is 1.41 bits per heavy atom. The molecule has 3 heteroatoms. The second-order valence-corrected chi connectivity index (χ2v) is 4.56. The van der Waals surface area contributed by atoms with Crippen molar-refractivity contribution in [3.63, 3.8) is 0 Å². The number of benzene rings is 1. The van der Waals surface area contributed by atoms with Gasteiger partial charge < -0.3 is 15.2 Å². The van der Waals surface area contributed by atoms with Crippen molar-refractivity contribution in [2.45, 2.75) is 25.6 Å². The lowest BCUT2D eigenvalue weighted by atomic mass is 9.87. The van der Waals surface area contributed by atoms with E-state index in [1.807, 2.05) is 6.07 Å². The fourth-order valence-electron chi connectivity index (χ4n) is 2.53. The molecule has 94 valence electrons. The quantitative estimate of drug-likeness (QED) is 0.870. The van der Waals surface area contributed by atoms with Gasteiger partial charge in [0.15, 0.2) is 0 Å². The van der Waals surface area contributed by atoms with Crippen LogP contribution in [0.3, 0.4) is 0 Å². The van der Waals surface area contributed by atoms with Gasteiger partial charge in [0.1, 0.15) is 0 Å². The third kappa shape index (κ3) is 2.86. The average Bonchev–Trinajstić information content (AvgIpc) is 2.40. The second kappa shape index (κ2) is 6.15. The molecule has 1 aromatic carbocycles. The van der Waals surface area contributed by atoms with Gasteiger partial charge in [-0.2, -0.15) is 0 Å². The highest BCUT2D eigenvalue weighted by Gasteiger charge is 2.27. The Labute approximate surface area is 103 Å². The van der Waals surface area contributed by atoms with E-state index < -0.39 is 0 Å². The van der Waals surface area contributed by atoms with Crippen LogP contribution in [0.15, 0.2) is 24.3 Å². The molecule has 0 saturated carbocycles. The molecule has 1 fully saturated rings. The minimum atomic E-state index is 0.139. The molecule has 0 aliphatic carbocycles. The van der Waals surface area contributed by atoms with E-state index in [1.54, 1.807) is 7.11 Å². The highest BCUT2D eigenvalue weighted by atomic mass is 16.5. The van der Waals surface area contributed by atoms with Gasteiger partial charge >= 0.3 is 0 Å². The number of hydrogen-bond acceptors (Lipinski definition) is 3. The Bertz CT molecular complexity index is 354. The summed E-state index contributed by atoms with van der Waals surface area (Å²) in [6.45, 7) is 2.15. The van der Waals surface area contributed by atoms with Gasteiger partial charge in [0.05, 0.1) is 12.7 Å². The van der Waals surface area contributed by atoms with Crippen LogP contribution < -0.4 is 5.73 Å². The first-order chi connectivity index (χ1) is 8.36. The van der Waals surface area contributed by atoms with Crippen LogP contribution in [-0.4, -0.2) is 20.3 Å². The van der Waals surface area contributed by atoms with Gasteiger partial charge in [-0.3, -0.25) is 0 Å². The molecule has 1 aromatic rings. The van der Waals surface area contributed by atoms with Crippen molar-refractivity contribution in [2.75, 3.05) is 20.3 Å². The van der Waals surface area contributed by atoms with Gasteiger partial charge in [-0.15, -0.1) is 0 Å². The van der Waals surface area contributed by atoms with Crippen molar-refractivity contribution in [1.82, 2.24) is 0 Å². The number of methoxy groups -OCH3 is 1. The molecule has 17 heavy (non-hydrogen) atoms. The molecule has 3 nitrogen and oxygen atoms in total. The molecule has 2 N–H and O–H groups in total. The van der Waals surface area contributed by atoms with E-state index in [4.69, 9.17) is 15.2 Å². The van der Waals surface area contributed by atoms with Gasteiger partial charge in [0.25, 0.3) is 0 Å². The van der Waals surface area contributed by atoms with Crippen molar-refractivity contribution in [3.8, 4) is 0 Å². The molecule has 1 saturated heterocycles. The molecule has 0 bridgehead atoms. The van der Waals surface area contributed by atoms with Gasteiger partial charge in [-0.1, -0.05) is 24.3 Å². The zero-order valence-corrected chi connectivity index (χ0v) is 10.4. The number of nitrogens with two attached hydrogens (primary N) is 1. The molecule has 0 amide bonds. The van der Waals surface area contributed by atoms with Crippen LogP contribution in [0, 0.1) is 5.92 Å². The molecule has 0 aromatic heterocycles. The number of hydrogen-bond donors (Lipinski definition) is 1. The van der Waals surface area contributed by atoms with Crippen LogP contribution in [0.25, 0.3) is 0 Å². The van der Waals surface area contributed by atoms with Crippen LogP contribution >= 0.6 is 0 Å². The largest absolute Gasteiger partial charge is 0.380 e. The molecular weight excluding hydrogens is 214 g/mol. The second-order valence-electron chi connectivity index (χ2n) is 4.56. The van der Waals surface area contributed by atoms with E-state index in [0.29, 0.717) is 19.1 Å². The van der Waals surface area contributed by atoms with Crippen molar-refractivity contribution >= 4 is 0 Å². The van der Waals surface area contributed by atoms with Crippen molar-refractivity contribution in [3.05, 3.63) is 35.4 Å². The lowest BCUT2D eigenvalue weighted by Crippen LogP contribution is -2.29. The SMILES string of the molecule is COCc1ccccc1C1OCCCC1CN. The average molecular weight is 235 g/mol. The van der Waals surface area contributed by atoms with E-state index in [0.717, 1.165) is 19.4 Å². The summed E-state index contributed by atoms with van der Waals surface area (Å²) >= 11 is 0. The van der Waals surface area contributed by atoms with Crippen LogP contribution in [0.4, 0.5) is 0 Å².